The average Bonchev–Trinajstić information content (AvgIpc) is 3.24. The van der Waals surface area contributed by atoms with Gasteiger partial charge >= 0.3 is 5.97 Å². The van der Waals surface area contributed by atoms with Crippen molar-refractivity contribution in [2.24, 2.45) is 0 Å². The van der Waals surface area contributed by atoms with Gasteiger partial charge in [-0.2, -0.15) is 0 Å². The van der Waals surface area contributed by atoms with Crippen LogP contribution in [0.3, 0.4) is 0 Å². The van der Waals surface area contributed by atoms with Crippen LogP contribution in [0.1, 0.15) is 44.7 Å². The first-order valence-corrected chi connectivity index (χ1v) is 12.0. The van der Waals surface area contributed by atoms with E-state index in [0.717, 1.165) is 22.3 Å². The monoisotopic (exact) mass is 486 g/mol. The molecule has 1 N–H and O–H groups in total. The summed E-state index contributed by atoms with van der Waals surface area (Å²) in [4.78, 5) is 37.1. The van der Waals surface area contributed by atoms with Crippen molar-refractivity contribution in [3.8, 4) is 16.9 Å². The second-order valence-electron chi connectivity index (χ2n) is 8.91. The van der Waals surface area contributed by atoms with E-state index < -0.39 is 0 Å². The summed E-state index contributed by atoms with van der Waals surface area (Å²) in [6.07, 6.45) is 1.38. The van der Waals surface area contributed by atoms with Crippen molar-refractivity contribution in [1.29, 1.82) is 0 Å². The molecule has 7 nitrogen and oxygen atoms in total. The Hall–Kier alpha value is -3.97. The molecule has 1 heterocycles. The number of aryl methyl sites for hydroxylation is 1. The summed E-state index contributed by atoms with van der Waals surface area (Å²) in [6.45, 7) is 3.50. The topological polar surface area (TPSA) is 87.2 Å². The summed E-state index contributed by atoms with van der Waals surface area (Å²) in [5.74, 6) is -0.0910. The number of carbonyl (C=O) groups is 3. The van der Waals surface area contributed by atoms with E-state index in [0.29, 0.717) is 50.0 Å². The number of esters is 1. The van der Waals surface area contributed by atoms with E-state index in [1.165, 1.54) is 7.11 Å². The number of hydrazine groups is 1. The zero-order chi connectivity index (χ0) is 25.7. The highest BCUT2D eigenvalue weighted by Crippen LogP contribution is 2.27. The van der Waals surface area contributed by atoms with Crippen LogP contribution in [0.2, 0.25) is 0 Å². The minimum absolute atomic E-state index is 0.0194. The lowest BCUT2D eigenvalue weighted by Gasteiger charge is -2.28. The fraction of sp³-hybridized carbons (Fsp3) is 0.276. The molecule has 186 valence electrons. The lowest BCUT2D eigenvalue weighted by Crippen LogP contribution is -2.41. The normalized spacial score (nSPS) is 13.7. The van der Waals surface area contributed by atoms with Crippen molar-refractivity contribution in [3.63, 3.8) is 0 Å². The van der Waals surface area contributed by atoms with Gasteiger partial charge < -0.3 is 9.84 Å². The summed E-state index contributed by atoms with van der Waals surface area (Å²) in [6, 6.07) is 19.9. The van der Waals surface area contributed by atoms with Crippen LogP contribution in [0.15, 0.2) is 66.7 Å². The maximum atomic E-state index is 13.0. The van der Waals surface area contributed by atoms with Crippen LogP contribution in [0.25, 0.3) is 11.1 Å². The maximum absolute atomic E-state index is 13.0. The molecule has 1 fully saturated rings. The number of phenolic OH excluding ortho intramolecular Hbond substituents is 1. The Bertz CT molecular complexity index is 1270. The van der Waals surface area contributed by atoms with E-state index in [4.69, 9.17) is 4.74 Å². The highest BCUT2D eigenvalue weighted by molar-refractivity contribution is 5.97. The van der Waals surface area contributed by atoms with Crippen LogP contribution in [-0.4, -0.2) is 59.5 Å². The first kappa shape index (κ1) is 25.1. The van der Waals surface area contributed by atoms with E-state index in [2.05, 4.69) is 0 Å². The van der Waals surface area contributed by atoms with Crippen LogP contribution in [0.4, 0.5) is 0 Å². The molecule has 36 heavy (non-hydrogen) atoms. The molecular formula is C29H30N2O5. The van der Waals surface area contributed by atoms with Gasteiger partial charge in [-0.05, 0) is 65.9 Å². The smallest absolute Gasteiger partial charge is 0.337 e. The molecule has 3 aromatic carbocycles. The van der Waals surface area contributed by atoms with E-state index in [1.807, 2.05) is 54.4 Å². The van der Waals surface area contributed by atoms with Gasteiger partial charge in [0.05, 0.1) is 12.7 Å². The largest absolute Gasteiger partial charge is 0.508 e. The zero-order valence-electron chi connectivity index (χ0n) is 20.6. The lowest BCUT2D eigenvalue weighted by molar-refractivity contribution is -0.137. The lowest BCUT2D eigenvalue weighted by atomic mass is 9.97. The fourth-order valence-corrected chi connectivity index (χ4v) is 4.50. The van der Waals surface area contributed by atoms with Gasteiger partial charge in [0.2, 0.25) is 5.91 Å². The summed E-state index contributed by atoms with van der Waals surface area (Å²) in [5.41, 5.74) is 4.96. The molecule has 1 amide bonds. The van der Waals surface area contributed by atoms with Gasteiger partial charge in [0.15, 0.2) is 5.78 Å². The Kier molecular flexibility index (Phi) is 7.80. The van der Waals surface area contributed by atoms with Crippen LogP contribution < -0.4 is 0 Å². The Morgan fingerprint density at radius 3 is 2.47 bits per heavy atom. The van der Waals surface area contributed by atoms with Crippen molar-refractivity contribution in [3.05, 3.63) is 89.0 Å². The number of aromatic hydroxyl groups is 1. The Morgan fingerprint density at radius 1 is 0.972 bits per heavy atom. The zero-order valence-corrected chi connectivity index (χ0v) is 20.6. The molecule has 3 aromatic rings. The van der Waals surface area contributed by atoms with Crippen molar-refractivity contribution < 1.29 is 24.2 Å². The summed E-state index contributed by atoms with van der Waals surface area (Å²) < 4.78 is 4.73. The van der Waals surface area contributed by atoms with Crippen LogP contribution >= 0.6 is 0 Å². The molecule has 4 rings (SSSR count). The number of Topliss-reactive ketones (excluding diaryl/α,β-unsaturated/α-hetero) is 1. The van der Waals surface area contributed by atoms with E-state index in [9.17, 15) is 19.5 Å². The third-order valence-electron chi connectivity index (χ3n) is 6.50. The molecule has 0 saturated carbocycles. The third-order valence-corrected chi connectivity index (χ3v) is 6.50. The van der Waals surface area contributed by atoms with Crippen molar-refractivity contribution in [2.45, 2.75) is 26.2 Å². The predicted molar refractivity (Wildman–Crippen MR) is 137 cm³/mol. The Morgan fingerprint density at radius 2 is 1.75 bits per heavy atom. The molecule has 0 spiro atoms. The Labute approximate surface area is 210 Å². The number of benzene rings is 3. The van der Waals surface area contributed by atoms with E-state index in [-0.39, 0.29) is 23.4 Å². The molecule has 0 aliphatic carbocycles. The highest BCUT2D eigenvalue weighted by Gasteiger charge is 2.28. The Balaban J connectivity index is 1.36. The maximum Gasteiger partial charge on any atom is 0.337 e. The number of hydrogen-bond donors (Lipinski definition) is 1. The molecule has 1 saturated heterocycles. The van der Waals surface area contributed by atoms with Crippen molar-refractivity contribution >= 4 is 17.7 Å². The molecule has 0 bridgehead atoms. The van der Waals surface area contributed by atoms with Gasteiger partial charge in [-0.3, -0.25) is 14.6 Å². The molecule has 7 heteroatoms. The van der Waals surface area contributed by atoms with Gasteiger partial charge in [0, 0.05) is 38.0 Å². The highest BCUT2D eigenvalue weighted by atomic mass is 16.5. The second-order valence-corrected chi connectivity index (χ2v) is 8.91. The number of carbonyl (C=O) groups excluding carboxylic acids is 3. The first-order valence-electron chi connectivity index (χ1n) is 12.0. The molecule has 0 aromatic heterocycles. The molecule has 0 unspecified atom stereocenters. The molecule has 1 aliphatic heterocycles. The van der Waals surface area contributed by atoms with Crippen LogP contribution in [-0.2, 0) is 16.0 Å². The number of ether oxygens (including phenoxy) is 1. The summed E-state index contributed by atoms with van der Waals surface area (Å²) in [5, 5.41) is 13.4. The first-order chi connectivity index (χ1) is 17.4. The minimum atomic E-state index is -0.379. The van der Waals surface area contributed by atoms with Gasteiger partial charge in [-0.15, -0.1) is 0 Å². The quantitative estimate of drug-likeness (QED) is 0.356. The summed E-state index contributed by atoms with van der Waals surface area (Å²) >= 11 is 0. The van der Waals surface area contributed by atoms with Gasteiger partial charge in [0.25, 0.3) is 0 Å². The molecule has 0 atom stereocenters. The number of amides is 1. The standard InChI is InChI=1S/C29H30N2O5/c1-20-18-25(32)10-11-26(20)23-4-3-5-24(19-23)27(33)13-15-30-16-14-28(34)31(30)17-12-21-6-8-22(9-7-21)29(35)36-2/h3-11,18-19,32H,12-17H2,1-2H3. The second kappa shape index (κ2) is 11.2. The number of nitrogens with zero attached hydrogens (tertiary/aromatic N) is 2. The minimum Gasteiger partial charge on any atom is -0.508 e. The molecule has 0 radical (unpaired) electrons. The predicted octanol–water partition coefficient (Wildman–Crippen LogP) is 4.42. The van der Waals surface area contributed by atoms with Crippen LogP contribution in [0.5, 0.6) is 5.75 Å². The van der Waals surface area contributed by atoms with Gasteiger partial charge in [-0.1, -0.05) is 36.4 Å². The number of phenols is 1. The number of ketones is 1. The number of rotatable bonds is 9. The van der Waals surface area contributed by atoms with E-state index >= 15 is 0 Å². The van der Waals surface area contributed by atoms with Gasteiger partial charge in [0.1, 0.15) is 5.75 Å². The van der Waals surface area contributed by atoms with E-state index in [1.54, 1.807) is 29.3 Å². The summed E-state index contributed by atoms with van der Waals surface area (Å²) in [7, 11) is 1.35. The van der Waals surface area contributed by atoms with Crippen molar-refractivity contribution in [2.75, 3.05) is 26.7 Å². The average molecular weight is 487 g/mol. The van der Waals surface area contributed by atoms with Crippen molar-refractivity contribution in [1.82, 2.24) is 10.0 Å². The SMILES string of the molecule is COC(=O)c1ccc(CCN2C(=O)CCN2CCC(=O)c2cccc(-c3ccc(O)cc3C)c2)cc1. The van der Waals surface area contributed by atoms with Gasteiger partial charge in [-0.25, -0.2) is 9.80 Å². The molecular weight excluding hydrogens is 456 g/mol. The molecule has 1 aliphatic rings. The number of hydrogen-bond acceptors (Lipinski definition) is 6. The van der Waals surface area contributed by atoms with Crippen LogP contribution in [0, 0.1) is 6.92 Å². The third kappa shape index (κ3) is 5.80. The fourth-order valence-electron chi connectivity index (χ4n) is 4.50. The number of methoxy groups -OCH3 is 1.